The number of benzene rings is 1. The minimum absolute atomic E-state index is 0.154. The molecular weight excluding hydrogens is 256 g/mol. The molecule has 0 fully saturated rings. The molecule has 0 saturated carbocycles. The van der Waals surface area contributed by atoms with E-state index < -0.39 is 5.91 Å². The average molecular weight is 271 g/mol. The second kappa shape index (κ2) is 6.47. The lowest BCUT2D eigenvalue weighted by Gasteiger charge is -2.14. The fourth-order valence-corrected chi connectivity index (χ4v) is 1.83. The van der Waals surface area contributed by atoms with Gasteiger partial charge in [-0.05, 0) is 12.1 Å². The van der Waals surface area contributed by atoms with Crippen LogP contribution in [0.5, 0.6) is 5.75 Å². The van der Waals surface area contributed by atoms with Gasteiger partial charge in [-0.25, -0.2) is 4.90 Å². The normalized spacial score (nSPS) is 9.85. The summed E-state index contributed by atoms with van der Waals surface area (Å²) in [4.78, 5) is 24.6. The largest absolute Gasteiger partial charge is 0.496 e. The predicted molar refractivity (Wildman–Crippen MR) is 71.9 cm³/mol. The molecule has 2 amide bonds. The first-order valence-electron chi connectivity index (χ1n) is 6.09. The number of ether oxygens (including phenoxy) is 1. The van der Waals surface area contributed by atoms with Gasteiger partial charge in [0.15, 0.2) is 12.4 Å². The van der Waals surface area contributed by atoms with E-state index in [0.717, 1.165) is 4.90 Å². The van der Waals surface area contributed by atoms with Crippen LogP contribution in [-0.2, 0) is 11.5 Å². The molecule has 5 heteroatoms. The van der Waals surface area contributed by atoms with Gasteiger partial charge >= 0.3 is 0 Å². The molecule has 1 aromatic heterocycles. The summed E-state index contributed by atoms with van der Waals surface area (Å²) in [6, 6.07) is 12.3. The molecule has 2 rings (SSSR count). The lowest BCUT2D eigenvalue weighted by atomic mass is 10.2. The first-order chi connectivity index (χ1) is 9.76. The third-order valence-corrected chi connectivity index (χ3v) is 2.82. The van der Waals surface area contributed by atoms with Gasteiger partial charge in [-0.1, -0.05) is 18.2 Å². The molecular formula is C15H15N2O3+. The van der Waals surface area contributed by atoms with E-state index in [4.69, 9.17) is 4.74 Å². The van der Waals surface area contributed by atoms with E-state index in [1.165, 1.54) is 7.11 Å². The van der Waals surface area contributed by atoms with Gasteiger partial charge in [0.25, 0.3) is 5.91 Å². The number of amides is 2. The van der Waals surface area contributed by atoms with E-state index >= 15 is 0 Å². The number of hydrogen-bond acceptors (Lipinski definition) is 3. The molecule has 0 aliphatic carbocycles. The van der Waals surface area contributed by atoms with Crippen molar-refractivity contribution in [3.8, 4) is 5.75 Å². The van der Waals surface area contributed by atoms with Crippen LogP contribution in [0.2, 0.25) is 0 Å². The van der Waals surface area contributed by atoms with Gasteiger partial charge in [-0.15, -0.1) is 0 Å². The maximum Gasteiger partial charge on any atom is 0.268 e. The van der Waals surface area contributed by atoms with Gasteiger partial charge < -0.3 is 4.74 Å². The van der Waals surface area contributed by atoms with Crippen LogP contribution in [0.3, 0.4) is 0 Å². The standard InChI is InChI=1S/C15H15N2O3/c1-20-14-8-4-3-7-13(14)15(19)17(12-18)11-16-9-5-2-6-10-16/h2-10,12H,11H2,1H3/q+1. The molecule has 0 aliphatic rings. The number of aromatic nitrogens is 1. The number of imide groups is 1. The summed E-state index contributed by atoms with van der Waals surface area (Å²) in [5, 5.41) is 0. The molecule has 0 radical (unpaired) electrons. The summed E-state index contributed by atoms with van der Waals surface area (Å²) in [5.74, 6) is 0.0521. The van der Waals surface area contributed by atoms with Gasteiger partial charge in [0.05, 0.1) is 12.7 Å². The summed E-state index contributed by atoms with van der Waals surface area (Å²) < 4.78 is 6.88. The van der Waals surface area contributed by atoms with Crippen LogP contribution in [0.15, 0.2) is 54.9 Å². The summed E-state index contributed by atoms with van der Waals surface area (Å²) >= 11 is 0. The van der Waals surface area contributed by atoms with E-state index in [9.17, 15) is 9.59 Å². The number of methoxy groups -OCH3 is 1. The summed E-state index contributed by atoms with van der Waals surface area (Å²) in [6.07, 6.45) is 4.09. The van der Waals surface area contributed by atoms with Gasteiger partial charge in [0.1, 0.15) is 5.75 Å². The Morgan fingerprint density at radius 1 is 1.20 bits per heavy atom. The minimum atomic E-state index is -0.395. The van der Waals surface area contributed by atoms with E-state index in [1.807, 2.05) is 18.2 Å². The Morgan fingerprint density at radius 3 is 2.55 bits per heavy atom. The van der Waals surface area contributed by atoms with Crippen LogP contribution in [0.4, 0.5) is 0 Å². The lowest BCUT2D eigenvalue weighted by Crippen LogP contribution is -2.45. The zero-order chi connectivity index (χ0) is 14.4. The van der Waals surface area contributed by atoms with Crippen molar-refractivity contribution in [3.05, 3.63) is 60.4 Å². The molecule has 0 atom stereocenters. The summed E-state index contributed by atoms with van der Waals surface area (Å²) in [6.45, 7) is 0.154. The fraction of sp³-hybridized carbons (Fsp3) is 0.133. The van der Waals surface area contributed by atoms with E-state index in [0.29, 0.717) is 17.7 Å². The quantitative estimate of drug-likeness (QED) is 0.607. The van der Waals surface area contributed by atoms with Crippen molar-refractivity contribution in [2.45, 2.75) is 6.67 Å². The van der Waals surface area contributed by atoms with Gasteiger partial charge in [-0.3, -0.25) is 9.59 Å². The molecule has 0 saturated heterocycles. The highest BCUT2D eigenvalue weighted by molar-refractivity contribution is 6.01. The van der Waals surface area contributed by atoms with E-state index in [1.54, 1.807) is 41.2 Å². The Bertz CT molecular complexity index is 599. The Kier molecular flexibility index (Phi) is 4.44. The van der Waals surface area contributed by atoms with Crippen LogP contribution < -0.4 is 9.30 Å². The van der Waals surface area contributed by atoms with Crippen LogP contribution in [-0.4, -0.2) is 24.3 Å². The molecule has 0 N–H and O–H groups in total. The SMILES string of the molecule is COc1ccccc1C(=O)N(C=O)C[n+]1ccccc1. The highest BCUT2D eigenvalue weighted by atomic mass is 16.5. The maximum atomic E-state index is 12.4. The molecule has 5 nitrogen and oxygen atoms in total. The van der Waals surface area contributed by atoms with Crippen LogP contribution >= 0.6 is 0 Å². The minimum Gasteiger partial charge on any atom is -0.496 e. The highest BCUT2D eigenvalue weighted by Gasteiger charge is 2.21. The molecule has 102 valence electrons. The lowest BCUT2D eigenvalue weighted by molar-refractivity contribution is -0.709. The second-order valence-electron chi connectivity index (χ2n) is 4.11. The molecule has 2 aromatic rings. The third-order valence-electron chi connectivity index (χ3n) is 2.82. The van der Waals surface area contributed by atoms with Crippen molar-refractivity contribution in [3.63, 3.8) is 0 Å². The van der Waals surface area contributed by atoms with Crippen molar-refractivity contribution in [2.75, 3.05) is 7.11 Å². The Hall–Kier alpha value is -2.69. The Balaban J connectivity index is 2.23. The van der Waals surface area contributed by atoms with Crippen molar-refractivity contribution in [1.29, 1.82) is 0 Å². The van der Waals surface area contributed by atoms with Crippen molar-refractivity contribution >= 4 is 12.3 Å². The second-order valence-corrected chi connectivity index (χ2v) is 4.11. The number of carbonyl (C=O) groups excluding carboxylic acids is 2. The highest BCUT2D eigenvalue weighted by Crippen LogP contribution is 2.18. The Labute approximate surface area is 117 Å². The van der Waals surface area contributed by atoms with Gasteiger partial charge in [0, 0.05) is 12.1 Å². The smallest absolute Gasteiger partial charge is 0.268 e. The summed E-state index contributed by atoms with van der Waals surface area (Å²) in [7, 11) is 1.49. The molecule has 1 aromatic carbocycles. The molecule has 0 aliphatic heterocycles. The van der Waals surface area contributed by atoms with Crippen LogP contribution in [0.25, 0.3) is 0 Å². The zero-order valence-corrected chi connectivity index (χ0v) is 11.1. The van der Waals surface area contributed by atoms with Crippen LogP contribution in [0.1, 0.15) is 10.4 Å². The van der Waals surface area contributed by atoms with Gasteiger partial charge in [-0.2, -0.15) is 4.57 Å². The van der Waals surface area contributed by atoms with Gasteiger partial charge in [0.2, 0.25) is 13.1 Å². The number of pyridine rings is 1. The summed E-state index contributed by atoms with van der Waals surface area (Å²) in [5.41, 5.74) is 0.360. The fourth-order valence-electron chi connectivity index (χ4n) is 1.83. The maximum absolute atomic E-state index is 12.4. The topological polar surface area (TPSA) is 50.5 Å². The molecule has 0 bridgehead atoms. The van der Waals surface area contributed by atoms with E-state index in [-0.39, 0.29) is 6.67 Å². The number of carbonyl (C=O) groups is 2. The number of nitrogens with zero attached hydrogens (tertiary/aromatic N) is 2. The van der Waals surface area contributed by atoms with E-state index in [2.05, 4.69) is 0 Å². The van der Waals surface area contributed by atoms with Crippen molar-refractivity contribution in [2.24, 2.45) is 0 Å². The van der Waals surface area contributed by atoms with Crippen molar-refractivity contribution < 1.29 is 18.9 Å². The number of hydrogen-bond donors (Lipinski definition) is 0. The molecule has 1 heterocycles. The molecule has 0 unspecified atom stereocenters. The van der Waals surface area contributed by atoms with Crippen LogP contribution in [0, 0.1) is 0 Å². The first kappa shape index (κ1) is 13.7. The third kappa shape index (κ3) is 3.00. The first-order valence-corrected chi connectivity index (χ1v) is 6.09. The molecule has 20 heavy (non-hydrogen) atoms. The Morgan fingerprint density at radius 2 is 1.90 bits per heavy atom. The number of rotatable bonds is 5. The molecule has 0 spiro atoms. The average Bonchev–Trinajstić information content (AvgIpc) is 2.53. The zero-order valence-electron chi connectivity index (χ0n) is 11.1. The predicted octanol–water partition coefficient (Wildman–Crippen LogP) is 1.24. The van der Waals surface area contributed by atoms with Crippen molar-refractivity contribution in [1.82, 2.24) is 4.90 Å². The number of para-hydroxylation sites is 1. The monoisotopic (exact) mass is 271 g/mol.